The first kappa shape index (κ1) is 14.9. The van der Waals surface area contributed by atoms with Gasteiger partial charge in [0.1, 0.15) is 0 Å². The zero-order valence-electron chi connectivity index (χ0n) is 11.3. The molecule has 4 nitrogen and oxygen atoms in total. The maximum absolute atomic E-state index is 12.1. The molecule has 0 aliphatic heterocycles. The Morgan fingerprint density at radius 3 is 2.40 bits per heavy atom. The smallest absolute Gasteiger partial charge is 0.256 e. The fourth-order valence-corrected chi connectivity index (χ4v) is 2.88. The lowest BCUT2D eigenvalue weighted by atomic mass is 10.1. The molecular formula is C14H14BrNO3S. The highest BCUT2D eigenvalue weighted by Crippen LogP contribution is 2.33. The van der Waals surface area contributed by atoms with Crippen LogP contribution >= 0.6 is 27.3 Å². The highest BCUT2D eigenvalue weighted by atomic mass is 79.9. The summed E-state index contributed by atoms with van der Waals surface area (Å²) in [5.41, 5.74) is 2.23. The van der Waals surface area contributed by atoms with Crippen LogP contribution in [0.1, 0.15) is 15.9 Å². The summed E-state index contributed by atoms with van der Waals surface area (Å²) < 4.78 is 11.4. The molecule has 0 spiro atoms. The zero-order chi connectivity index (χ0) is 14.7. The van der Waals surface area contributed by atoms with E-state index in [1.54, 1.807) is 31.7 Å². The lowest BCUT2D eigenvalue weighted by Gasteiger charge is -2.13. The first-order valence-corrected chi connectivity index (χ1v) is 7.50. The van der Waals surface area contributed by atoms with Crippen LogP contribution in [-0.2, 0) is 0 Å². The number of methoxy groups -OCH3 is 2. The van der Waals surface area contributed by atoms with Crippen molar-refractivity contribution in [2.24, 2.45) is 0 Å². The molecule has 0 atom stereocenters. The van der Waals surface area contributed by atoms with Gasteiger partial charge in [0.15, 0.2) is 11.5 Å². The number of aryl methyl sites for hydroxylation is 1. The summed E-state index contributed by atoms with van der Waals surface area (Å²) in [7, 11) is 3.15. The first-order valence-electron chi connectivity index (χ1n) is 5.83. The first-order chi connectivity index (χ1) is 9.55. The van der Waals surface area contributed by atoms with Crippen molar-refractivity contribution in [2.45, 2.75) is 6.92 Å². The summed E-state index contributed by atoms with van der Waals surface area (Å²) in [6.07, 6.45) is 0. The van der Waals surface area contributed by atoms with Crippen molar-refractivity contribution in [3.8, 4) is 11.5 Å². The topological polar surface area (TPSA) is 47.6 Å². The molecule has 1 amide bonds. The van der Waals surface area contributed by atoms with E-state index in [1.165, 1.54) is 11.3 Å². The minimum atomic E-state index is -0.151. The molecule has 0 saturated heterocycles. The third kappa shape index (κ3) is 3.13. The molecule has 1 N–H and O–H groups in total. The summed E-state index contributed by atoms with van der Waals surface area (Å²) in [4.78, 5) is 12.1. The molecule has 0 aliphatic carbocycles. The van der Waals surface area contributed by atoms with E-state index < -0.39 is 0 Å². The largest absolute Gasteiger partial charge is 0.493 e. The molecular weight excluding hydrogens is 342 g/mol. The maximum atomic E-state index is 12.1. The number of hydrogen-bond acceptors (Lipinski definition) is 4. The van der Waals surface area contributed by atoms with Gasteiger partial charge in [0.25, 0.3) is 5.91 Å². The van der Waals surface area contributed by atoms with Crippen molar-refractivity contribution >= 4 is 38.9 Å². The molecule has 1 aromatic heterocycles. The molecule has 1 aromatic carbocycles. The normalized spacial score (nSPS) is 10.2. The van der Waals surface area contributed by atoms with Gasteiger partial charge in [0, 0.05) is 17.1 Å². The summed E-state index contributed by atoms with van der Waals surface area (Å²) in [5.74, 6) is 1.07. The van der Waals surface area contributed by atoms with Gasteiger partial charge in [-0.3, -0.25) is 4.79 Å². The Kier molecular flexibility index (Phi) is 4.67. The Morgan fingerprint density at radius 2 is 1.85 bits per heavy atom. The summed E-state index contributed by atoms with van der Waals surface area (Å²) in [5, 5.41) is 4.68. The Morgan fingerprint density at radius 1 is 1.20 bits per heavy atom. The number of benzene rings is 1. The van der Waals surface area contributed by atoms with Crippen LogP contribution in [0, 0.1) is 6.92 Å². The molecule has 0 radical (unpaired) electrons. The minimum Gasteiger partial charge on any atom is -0.493 e. The number of hydrogen-bond donors (Lipinski definition) is 1. The van der Waals surface area contributed by atoms with E-state index in [-0.39, 0.29) is 5.91 Å². The van der Waals surface area contributed by atoms with Gasteiger partial charge >= 0.3 is 0 Å². The number of carbonyl (C=O) groups is 1. The van der Waals surface area contributed by atoms with Gasteiger partial charge in [-0.1, -0.05) is 0 Å². The highest BCUT2D eigenvalue weighted by Gasteiger charge is 2.13. The summed E-state index contributed by atoms with van der Waals surface area (Å²) in [6.45, 7) is 1.90. The number of carbonyl (C=O) groups excluding carboxylic acids is 1. The number of halogens is 1. The molecule has 0 bridgehead atoms. The van der Waals surface area contributed by atoms with Crippen LogP contribution in [0.5, 0.6) is 11.5 Å². The average molecular weight is 356 g/mol. The van der Waals surface area contributed by atoms with Crippen LogP contribution in [0.3, 0.4) is 0 Å². The molecule has 0 saturated carbocycles. The lowest BCUT2D eigenvalue weighted by Crippen LogP contribution is -2.12. The lowest BCUT2D eigenvalue weighted by molar-refractivity contribution is 0.102. The Hall–Kier alpha value is -1.53. The minimum absolute atomic E-state index is 0.151. The van der Waals surface area contributed by atoms with Gasteiger partial charge in [-0.15, -0.1) is 11.3 Å². The molecule has 0 aliphatic rings. The van der Waals surface area contributed by atoms with E-state index in [0.717, 1.165) is 9.35 Å². The number of anilines is 1. The third-order valence-corrected chi connectivity index (χ3v) is 4.31. The maximum Gasteiger partial charge on any atom is 0.256 e. The number of ether oxygens (including phenoxy) is 2. The quantitative estimate of drug-likeness (QED) is 0.898. The molecule has 20 heavy (non-hydrogen) atoms. The molecule has 6 heteroatoms. The second-order valence-electron chi connectivity index (χ2n) is 4.12. The summed E-state index contributed by atoms with van der Waals surface area (Å²) in [6, 6.07) is 5.38. The number of nitrogens with one attached hydrogen (secondary N) is 1. The van der Waals surface area contributed by atoms with Crippen molar-refractivity contribution in [2.75, 3.05) is 19.5 Å². The number of amides is 1. The molecule has 0 fully saturated rings. The van der Waals surface area contributed by atoms with Crippen LogP contribution in [0.15, 0.2) is 27.4 Å². The summed E-state index contributed by atoms with van der Waals surface area (Å²) >= 11 is 4.82. The second kappa shape index (κ2) is 6.28. The molecule has 2 rings (SSSR count). The van der Waals surface area contributed by atoms with E-state index in [2.05, 4.69) is 21.2 Å². The Balaban J connectivity index is 2.27. The molecule has 0 unspecified atom stereocenters. The monoisotopic (exact) mass is 355 g/mol. The van der Waals surface area contributed by atoms with E-state index in [4.69, 9.17) is 9.47 Å². The standard InChI is InChI=1S/C14H14BrNO3S/c1-8-4-11(18-2)12(19-3)6-10(8)16-14(17)9-5-13(15)20-7-9/h4-7H,1-3H3,(H,16,17). The van der Waals surface area contributed by atoms with Gasteiger partial charge in [-0.2, -0.15) is 0 Å². The average Bonchev–Trinajstić information content (AvgIpc) is 2.87. The third-order valence-electron chi connectivity index (χ3n) is 2.81. The Labute approximate surface area is 129 Å². The van der Waals surface area contributed by atoms with Gasteiger partial charge < -0.3 is 14.8 Å². The SMILES string of the molecule is COc1cc(C)c(NC(=O)c2csc(Br)c2)cc1OC. The van der Waals surface area contributed by atoms with Crippen molar-refractivity contribution in [3.63, 3.8) is 0 Å². The van der Waals surface area contributed by atoms with Crippen LogP contribution < -0.4 is 14.8 Å². The van der Waals surface area contributed by atoms with E-state index in [0.29, 0.717) is 22.7 Å². The molecule has 106 valence electrons. The van der Waals surface area contributed by atoms with E-state index in [9.17, 15) is 4.79 Å². The second-order valence-corrected chi connectivity index (χ2v) is 6.41. The van der Waals surface area contributed by atoms with Crippen LogP contribution in [0.2, 0.25) is 0 Å². The predicted molar refractivity (Wildman–Crippen MR) is 84.3 cm³/mol. The highest BCUT2D eigenvalue weighted by molar-refractivity contribution is 9.11. The van der Waals surface area contributed by atoms with Crippen LogP contribution in [0.25, 0.3) is 0 Å². The number of rotatable bonds is 4. The van der Waals surface area contributed by atoms with Crippen molar-refractivity contribution in [1.82, 2.24) is 0 Å². The molecule has 2 aromatic rings. The zero-order valence-corrected chi connectivity index (χ0v) is 13.7. The number of thiophene rings is 1. The van der Waals surface area contributed by atoms with Crippen LogP contribution in [-0.4, -0.2) is 20.1 Å². The van der Waals surface area contributed by atoms with Crippen molar-refractivity contribution in [3.05, 3.63) is 38.5 Å². The fourth-order valence-electron chi connectivity index (χ4n) is 1.74. The fraction of sp³-hybridized carbons (Fsp3) is 0.214. The molecule has 1 heterocycles. The predicted octanol–water partition coefficient (Wildman–Crippen LogP) is 4.09. The van der Waals surface area contributed by atoms with Crippen molar-refractivity contribution in [1.29, 1.82) is 0 Å². The van der Waals surface area contributed by atoms with Crippen molar-refractivity contribution < 1.29 is 14.3 Å². The van der Waals surface area contributed by atoms with E-state index in [1.807, 2.05) is 13.0 Å². The van der Waals surface area contributed by atoms with Gasteiger partial charge in [-0.25, -0.2) is 0 Å². The van der Waals surface area contributed by atoms with E-state index >= 15 is 0 Å². The van der Waals surface area contributed by atoms with Gasteiger partial charge in [-0.05, 0) is 40.5 Å². The van der Waals surface area contributed by atoms with Gasteiger partial charge in [0.05, 0.1) is 23.6 Å². The van der Waals surface area contributed by atoms with Crippen LogP contribution in [0.4, 0.5) is 5.69 Å². The Bertz CT molecular complexity index is 639. The van der Waals surface area contributed by atoms with Gasteiger partial charge in [0.2, 0.25) is 0 Å².